The Morgan fingerprint density at radius 1 is 1.24 bits per heavy atom. The first-order valence-electron chi connectivity index (χ1n) is 7.03. The molecule has 2 N–H and O–H groups in total. The van der Waals surface area contributed by atoms with Crippen LogP contribution in [0.2, 0.25) is 0 Å². The number of anilines is 2. The van der Waals surface area contributed by atoms with Gasteiger partial charge in [0.05, 0.1) is 12.2 Å². The van der Waals surface area contributed by atoms with Crippen molar-refractivity contribution in [3.05, 3.63) is 42.1 Å². The number of hydrogen-bond donors (Lipinski definition) is 2. The number of aromatic nitrogens is 3. The minimum absolute atomic E-state index is 0.122. The Bertz CT molecular complexity index is 535. The van der Waals surface area contributed by atoms with Gasteiger partial charge in [0.25, 0.3) is 0 Å². The smallest absolute Gasteiger partial charge is 0.245 e. The molecule has 2 aromatic rings. The molecule has 0 amide bonds. The lowest BCUT2D eigenvalue weighted by atomic mass is 10.1. The third-order valence-corrected chi connectivity index (χ3v) is 3.04. The summed E-state index contributed by atoms with van der Waals surface area (Å²) < 4.78 is 5.00. The van der Waals surface area contributed by atoms with Crippen LogP contribution in [-0.4, -0.2) is 35.4 Å². The second kappa shape index (κ2) is 8.16. The maximum absolute atomic E-state index is 5.00. The Morgan fingerprint density at radius 3 is 2.81 bits per heavy atom. The first-order valence-corrected chi connectivity index (χ1v) is 7.03. The molecule has 1 unspecified atom stereocenters. The summed E-state index contributed by atoms with van der Waals surface area (Å²) in [5, 5.41) is 14.4. The van der Waals surface area contributed by atoms with Crippen LogP contribution in [0.4, 0.5) is 11.8 Å². The summed E-state index contributed by atoms with van der Waals surface area (Å²) >= 11 is 0. The van der Waals surface area contributed by atoms with Gasteiger partial charge in [-0.1, -0.05) is 30.3 Å². The molecule has 0 saturated carbocycles. The van der Waals surface area contributed by atoms with Gasteiger partial charge in [0.2, 0.25) is 5.95 Å². The maximum atomic E-state index is 5.00. The molecule has 21 heavy (non-hydrogen) atoms. The van der Waals surface area contributed by atoms with Crippen LogP contribution in [0.3, 0.4) is 0 Å². The average Bonchev–Trinajstić information content (AvgIpc) is 2.53. The van der Waals surface area contributed by atoms with E-state index < -0.39 is 0 Å². The third kappa shape index (κ3) is 5.00. The predicted molar refractivity (Wildman–Crippen MR) is 83.3 cm³/mol. The van der Waals surface area contributed by atoms with Gasteiger partial charge in [0.15, 0.2) is 5.82 Å². The quantitative estimate of drug-likeness (QED) is 0.727. The van der Waals surface area contributed by atoms with Gasteiger partial charge >= 0.3 is 0 Å². The molecule has 0 radical (unpaired) electrons. The van der Waals surface area contributed by atoms with Crippen molar-refractivity contribution in [3.8, 4) is 0 Å². The number of methoxy groups -OCH3 is 1. The molecular formula is C15H21N5O. The Hall–Kier alpha value is -2.21. The largest absolute Gasteiger partial charge is 0.385 e. The van der Waals surface area contributed by atoms with E-state index in [1.54, 1.807) is 13.3 Å². The lowest BCUT2D eigenvalue weighted by Gasteiger charge is -2.14. The molecule has 1 atom stereocenters. The van der Waals surface area contributed by atoms with Crippen LogP contribution in [0.1, 0.15) is 24.9 Å². The van der Waals surface area contributed by atoms with Crippen molar-refractivity contribution in [1.29, 1.82) is 0 Å². The normalized spacial score (nSPS) is 11.9. The van der Waals surface area contributed by atoms with Crippen molar-refractivity contribution >= 4 is 11.8 Å². The van der Waals surface area contributed by atoms with Gasteiger partial charge in [-0.05, 0) is 18.9 Å². The van der Waals surface area contributed by atoms with Crippen LogP contribution in [0.25, 0.3) is 0 Å². The molecule has 1 heterocycles. The van der Waals surface area contributed by atoms with E-state index in [0.717, 1.165) is 19.6 Å². The van der Waals surface area contributed by atoms with Crippen LogP contribution < -0.4 is 10.6 Å². The van der Waals surface area contributed by atoms with Crippen LogP contribution >= 0.6 is 0 Å². The first-order chi connectivity index (χ1) is 10.3. The third-order valence-electron chi connectivity index (χ3n) is 3.04. The predicted octanol–water partition coefficient (Wildman–Crippen LogP) is 2.49. The molecule has 6 heteroatoms. The Labute approximate surface area is 125 Å². The second-order valence-electron chi connectivity index (χ2n) is 4.72. The van der Waals surface area contributed by atoms with Crippen LogP contribution in [0.5, 0.6) is 0 Å². The highest BCUT2D eigenvalue weighted by atomic mass is 16.5. The maximum Gasteiger partial charge on any atom is 0.245 e. The molecule has 1 aromatic heterocycles. The summed E-state index contributed by atoms with van der Waals surface area (Å²) in [5.74, 6) is 1.23. The standard InChI is InChI=1S/C15H21N5O/c1-12(13-7-4-3-5-8-13)18-15-19-14(11-17-20-15)16-9-6-10-21-2/h3-5,7-8,11-12H,6,9-10H2,1-2H3,(H2,16,18,19,20). The lowest BCUT2D eigenvalue weighted by Crippen LogP contribution is -2.12. The van der Waals surface area contributed by atoms with Gasteiger partial charge in [-0.2, -0.15) is 10.1 Å². The number of nitrogens with zero attached hydrogens (tertiary/aromatic N) is 3. The summed E-state index contributed by atoms with van der Waals surface area (Å²) in [6, 6.07) is 10.3. The number of rotatable bonds is 8. The van der Waals surface area contributed by atoms with Gasteiger partial charge < -0.3 is 15.4 Å². The minimum Gasteiger partial charge on any atom is -0.385 e. The van der Waals surface area contributed by atoms with E-state index in [9.17, 15) is 0 Å². The van der Waals surface area contributed by atoms with Crippen molar-refractivity contribution < 1.29 is 4.74 Å². The van der Waals surface area contributed by atoms with Crippen molar-refractivity contribution in [2.24, 2.45) is 0 Å². The average molecular weight is 287 g/mol. The first kappa shape index (κ1) is 15.2. The molecule has 0 fully saturated rings. The van der Waals surface area contributed by atoms with E-state index in [1.807, 2.05) is 18.2 Å². The van der Waals surface area contributed by atoms with E-state index in [1.165, 1.54) is 5.56 Å². The number of nitrogens with one attached hydrogen (secondary N) is 2. The number of benzene rings is 1. The fourth-order valence-electron chi connectivity index (χ4n) is 1.90. The Kier molecular flexibility index (Phi) is 5.90. The van der Waals surface area contributed by atoms with Crippen LogP contribution in [-0.2, 0) is 4.74 Å². The SMILES string of the molecule is COCCCNc1cnnc(NC(C)c2ccccc2)n1. The monoisotopic (exact) mass is 287 g/mol. The number of hydrogen-bond acceptors (Lipinski definition) is 6. The molecular weight excluding hydrogens is 266 g/mol. The molecule has 2 rings (SSSR count). The van der Waals surface area contributed by atoms with Gasteiger partial charge in [-0.15, -0.1) is 5.10 Å². The summed E-state index contributed by atoms with van der Waals surface area (Å²) in [6.07, 6.45) is 2.54. The van der Waals surface area contributed by atoms with E-state index in [4.69, 9.17) is 4.74 Å². The van der Waals surface area contributed by atoms with Crippen LogP contribution in [0.15, 0.2) is 36.5 Å². The van der Waals surface area contributed by atoms with Gasteiger partial charge in [0, 0.05) is 20.3 Å². The van der Waals surface area contributed by atoms with Crippen molar-refractivity contribution in [1.82, 2.24) is 15.2 Å². The highest BCUT2D eigenvalue weighted by Gasteiger charge is 2.07. The fraction of sp³-hybridized carbons (Fsp3) is 0.400. The molecule has 0 aliphatic carbocycles. The zero-order valence-electron chi connectivity index (χ0n) is 12.4. The summed E-state index contributed by atoms with van der Waals surface area (Å²) in [4.78, 5) is 4.40. The van der Waals surface area contributed by atoms with E-state index >= 15 is 0 Å². The molecule has 0 saturated heterocycles. The summed E-state index contributed by atoms with van der Waals surface area (Å²) in [7, 11) is 1.69. The zero-order chi connectivity index (χ0) is 14.9. The fourth-order valence-corrected chi connectivity index (χ4v) is 1.90. The van der Waals surface area contributed by atoms with Crippen molar-refractivity contribution in [2.75, 3.05) is 30.9 Å². The Balaban J connectivity index is 1.91. The highest BCUT2D eigenvalue weighted by molar-refractivity contribution is 5.38. The van der Waals surface area contributed by atoms with E-state index in [0.29, 0.717) is 11.8 Å². The molecule has 1 aromatic carbocycles. The molecule has 6 nitrogen and oxygen atoms in total. The zero-order valence-corrected chi connectivity index (χ0v) is 12.4. The topological polar surface area (TPSA) is 72.0 Å². The second-order valence-corrected chi connectivity index (χ2v) is 4.72. The lowest BCUT2D eigenvalue weighted by molar-refractivity contribution is 0.197. The summed E-state index contributed by atoms with van der Waals surface area (Å²) in [6.45, 7) is 3.58. The van der Waals surface area contributed by atoms with Gasteiger partial charge in [-0.3, -0.25) is 0 Å². The van der Waals surface area contributed by atoms with Crippen molar-refractivity contribution in [2.45, 2.75) is 19.4 Å². The molecule has 0 bridgehead atoms. The summed E-state index contributed by atoms with van der Waals surface area (Å²) in [5.41, 5.74) is 1.18. The van der Waals surface area contributed by atoms with E-state index in [-0.39, 0.29) is 6.04 Å². The van der Waals surface area contributed by atoms with E-state index in [2.05, 4.69) is 44.9 Å². The molecule has 0 aliphatic rings. The molecule has 0 spiro atoms. The highest BCUT2D eigenvalue weighted by Crippen LogP contribution is 2.16. The van der Waals surface area contributed by atoms with Gasteiger partial charge in [-0.25, -0.2) is 0 Å². The van der Waals surface area contributed by atoms with Crippen LogP contribution in [0, 0.1) is 0 Å². The van der Waals surface area contributed by atoms with Gasteiger partial charge in [0.1, 0.15) is 0 Å². The molecule has 112 valence electrons. The minimum atomic E-state index is 0.122. The number of ether oxygens (including phenoxy) is 1. The Morgan fingerprint density at radius 2 is 2.05 bits per heavy atom. The van der Waals surface area contributed by atoms with Crippen molar-refractivity contribution in [3.63, 3.8) is 0 Å². The molecule has 0 aliphatic heterocycles.